The fraction of sp³-hybridized carbons (Fsp3) is 0.533. The molecule has 1 aliphatic carbocycles. The number of pyridine rings is 1. The average Bonchev–Trinajstić information content (AvgIpc) is 3.23. The van der Waals surface area contributed by atoms with Gasteiger partial charge >= 0.3 is 5.97 Å². The molecule has 2 rings (SSSR count). The molecule has 0 aromatic carbocycles. The quantitative estimate of drug-likeness (QED) is 0.710. The molecule has 5 nitrogen and oxygen atoms in total. The van der Waals surface area contributed by atoms with E-state index in [9.17, 15) is 9.59 Å². The van der Waals surface area contributed by atoms with Crippen LogP contribution in [0.5, 0.6) is 0 Å². The van der Waals surface area contributed by atoms with Gasteiger partial charge in [-0.25, -0.2) is 0 Å². The van der Waals surface area contributed by atoms with Crippen LogP contribution in [-0.4, -0.2) is 28.5 Å². The Kier molecular flexibility index (Phi) is 4.71. The molecule has 0 atom stereocenters. The predicted octanol–water partition coefficient (Wildman–Crippen LogP) is 1.87. The van der Waals surface area contributed by atoms with Crippen LogP contribution in [0.1, 0.15) is 44.1 Å². The number of hydrogen-bond acceptors (Lipinski definition) is 3. The molecule has 2 N–H and O–H groups in total. The van der Waals surface area contributed by atoms with Gasteiger partial charge in [-0.15, -0.1) is 0 Å². The predicted molar refractivity (Wildman–Crippen MR) is 74.3 cm³/mol. The fourth-order valence-corrected chi connectivity index (χ4v) is 2.31. The summed E-state index contributed by atoms with van der Waals surface area (Å²) in [6.45, 7) is 0.649. The van der Waals surface area contributed by atoms with Crippen molar-refractivity contribution in [3.05, 3.63) is 30.1 Å². The third-order valence-corrected chi connectivity index (χ3v) is 3.80. The van der Waals surface area contributed by atoms with Crippen LogP contribution in [0.25, 0.3) is 0 Å². The molecule has 1 amide bonds. The van der Waals surface area contributed by atoms with Gasteiger partial charge in [-0.3, -0.25) is 14.6 Å². The standard InChI is InChI=1S/C15H20N2O3/c18-13(5-1-2-6-14(19)20)17-11-15(7-8-15)12-4-3-9-16-10-12/h3-4,9-10H,1-2,5-8,11H2,(H,17,18)(H,19,20). The molecule has 1 heterocycles. The number of carbonyl (C=O) groups is 2. The number of carbonyl (C=O) groups excluding carboxylic acids is 1. The van der Waals surface area contributed by atoms with E-state index in [0.29, 0.717) is 25.8 Å². The van der Waals surface area contributed by atoms with Gasteiger partial charge in [-0.05, 0) is 37.3 Å². The second kappa shape index (κ2) is 6.50. The lowest BCUT2D eigenvalue weighted by Gasteiger charge is -2.16. The maximum absolute atomic E-state index is 11.7. The summed E-state index contributed by atoms with van der Waals surface area (Å²) < 4.78 is 0. The van der Waals surface area contributed by atoms with Crippen molar-refractivity contribution < 1.29 is 14.7 Å². The van der Waals surface area contributed by atoms with Gasteiger partial charge in [0.25, 0.3) is 0 Å². The fourth-order valence-electron chi connectivity index (χ4n) is 2.31. The lowest BCUT2D eigenvalue weighted by Crippen LogP contribution is -2.32. The van der Waals surface area contributed by atoms with Gasteiger partial charge in [0.1, 0.15) is 0 Å². The molecule has 1 fully saturated rings. The number of nitrogens with one attached hydrogen (secondary N) is 1. The highest BCUT2D eigenvalue weighted by atomic mass is 16.4. The topological polar surface area (TPSA) is 79.3 Å². The maximum atomic E-state index is 11.7. The van der Waals surface area contributed by atoms with E-state index in [-0.39, 0.29) is 17.7 Å². The lowest BCUT2D eigenvalue weighted by atomic mass is 9.98. The Labute approximate surface area is 118 Å². The Morgan fingerprint density at radius 2 is 2.05 bits per heavy atom. The molecule has 0 aliphatic heterocycles. The van der Waals surface area contributed by atoms with E-state index >= 15 is 0 Å². The minimum Gasteiger partial charge on any atom is -0.481 e. The minimum absolute atomic E-state index is 0.00514. The number of unbranched alkanes of at least 4 members (excludes halogenated alkanes) is 1. The Morgan fingerprint density at radius 1 is 1.30 bits per heavy atom. The molecule has 1 aliphatic rings. The van der Waals surface area contributed by atoms with Crippen LogP contribution in [0.2, 0.25) is 0 Å². The van der Waals surface area contributed by atoms with Crippen molar-refractivity contribution in [3.63, 3.8) is 0 Å². The molecule has 5 heteroatoms. The summed E-state index contributed by atoms with van der Waals surface area (Å²) in [5, 5.41) is 11.5. The number of carboxylic acids is 1. The molecule has 108 valence electrons. The molecule has 1 aromatic heterocycles. The molecule has 0 bridgehead atoms. The SMILES string of the molecule is O=C(O)CCCCC(=O)NCC1(c2cccnc2)CC1. The monoisotopic (exact) mass is 276 g/mol. The highest BCUT2D eigenvalue weighted by Gasteiger charge is 2.44. The number of amides is 1. The molecule has 1 aromatic rings. The Balaban J connectivity index is 1.70. The van der Waals surface area contributed by atoms with Crippen molar-refractivity contribution >= 4 is 11.9 Å². The maximum Gasteiger partial charge on any atom is 0.303 e. The van der Waals surface area contributed by atoms with Crippen LogP contribution in [0.3, 0.4) is 0 Å². The zero-order chi connectivity index (χ0) is 14.4. The third kappa shape index (κ3) is 4.05. The number of nitrogens with zero attached hydrogens (tertiary/aromatic N) is 1. The highest BCUT2D eigenvalue weighted by molar-refractivity contribution is 5.76. The summed E-state index contributed by atoms with van der Waals surface area (Å²) in [7, 11) is 0. The van der Waals surface area contributed by atoms with E-state index in [0.717, 1.165) is 12.8 Å². The van der Waals surface area contributed by atoms with Crippen molar-refractivity contribution in [2.24, 2.45) is 0 Å². The summed E-state index contributed by atoms with van der Waals surface area (Å²) in [6, 6.07) is 3.97. The van der Waals surface area contributed by atoms with Crippen molar-refractivity contribution in [1.82, 2.24) is 10.3 Å². The van der Waals surface area contributed by atoms with E-state index < -0.39 is 5.97 Å². The van der Waals surface area contributed by atoms with Crippen molar-refractivity contribution in [3.8, 4) is 0 Å². The van der Waals surface area contributed by atoms with Crippen molar-refractivity contribution in [2.45, 2.75) is 43.9 Å². The molecular formula is C15H20N2O3. The van der Waals surface area contributed by atoms with Crippen LogP contribution in [-0.2, 0) is 15.0 Å². The van der Waals surface area contributed by atoms with Gasteiger partial charge in [-0.2, -0.15) is 0 Å². The van der Waals surface area contributed by atoms with Gasteiger partial charge < -0.3 is 10.4 Å². The Morgan fingerprint density at radius 3 is 2.65 bits per heavy atom. The van der Waals surface area contributed by atoms with E-state index in [1.165, 1.54) is 5.56 Å². The number of rotatable bonds is 8. The first-order valence-electron chi connectivity index (χ1n) is 7.01. The number of aliphatic carboxylic acids is 1. The summed E-state index contributed by atoms with van der Waals surface area (Å²) in [6.07, 6.45) is 7.49. The van der Waals surface area contributed by atoms with Gasteiger partial charge in [0.15, 0.2) is 0 Å². The molecule has 20 heavy (non-hydrogen) atoms. The first-order valence-corrected chi connectivity index (χ1v) is 7.01. The normalized spacial score (nSPS) is 15.6. The van der Waals surface area contributed by atoms with Gasteiger partial charge in [-0.1, -0.05) is 6.07 Å². The Bertz CT molecular complexity index is 469. The average molecular weight is 276 g/mol. The van der Waals surface area contributed by atoms with Gasteiger partial charge in [0, 0.05) is 37.2 Å². The zero-order valence-electron chi connectivity index (χ0n) is 11.5. The third-order valence-electron chi connectivity index (χ3n) is 3.80. The minimum atomic E-state index is -0.807. The van der Waals surface area contributed by atoms with Crippen molar-refractivity contribution in [2.75, 3.05) is 6.54 Å². The molecule has 1 saturated carbocycles. The highest BCUT2D eigenvalue weighted by Crippen LogP contribution is 2.47. The smallest absolute Gasteiger partial charge is 0.303 e. The second-order valence-electron chi connectivity index (χ2n) is 5.40. The van der Waals surface area contributed by atoms with E-state index in [1.54, 1.807) is 6.20 Å². The number of aromatic nitrogens is 1. The summed E-state index contributed by atoms with van der Waals surface area (Å²) in [4.78, 5) is 26.2. The molecule has 0 unspecified atom stereocenters. The van der Waals surface area contributed by atoms with Crippen molar-refractivity contribution in [1.29, 1.82) is 0 Å². The van der Waals surface area contributed by atoms with Crippen LogP contribution < -0.4 is 5.32 Å². The summed E-state index contributed by atoms with van der Waals surface area (Å²) >= 11 is 0. The molecule has 0 saturated heterocycles. The second-order valence-corrected chi connectivity index (χ2v) is 5.40. The van der Waals surface area contributed by atoms with Crippen LogP contribution >= 0.6 is 0 Å². The van der Waals surface area contributed by atoms with Gasteiger partial charge in [0.05, 0.1) is 0 Å². The van der Waals surface area contributed by atoms with E-state index in [4.69, 9.17) is 5.11 Å². The lowest BCUT2D eigenvalue weighted by molar-refractivity contribution is -0.137. The Hall–Kier alpha value is -1.91. The van der Waals surface area contributed by atoms with Gasteiger partial charge in [0.2, 0.25) is 5.91 Å². The van der Waals surface area contributed by atoms with E-state index in [1.807, 2.05) is 12.3 Å². The first kappa shape index (κ1) is 14.5. The zero-order valence-corrected chi connectivity index (χ0v) is 11.5. The molecule has 0 spiro atoms. The van der Waals surface area contributed by atoms with Crippen LogP contribution in [0, 0.1) is 0 Å². The molecular weight excluding hydrogens is 256 g/mol. The number of carboxylic acid groups (broad SMARTS) is 1. The summed E-state index contributed by atoms with van der Waals surface area (Å²) in [5.41, 5.74) is 1.26. The molecule has 0 radical (unpaired) electrons. The van der Waals surface area contributed by atoms with E-state index in [2.05, 4.69) is 16.4 Å². The van der Waals surface area contributed by atoms with Crippen LogP contribution in [0.15, 0.2) is 24.5 Å². The summed E-state index contributed by atoms with van der Waals surface area (Å²) in [5.74, 6) is -0.801. The number of hydrogen-bond donors (Lipinski definition) is 2. The first-order chi connectivity index (χ1) is 9.62. The largest absolute Gasteiger partial charge is 0.481 e. The van der Waals surface area contributed by atoms with Crippen LogP contribution in [0.4, 0.5) is 0 Å².